The van der Waals surface area contributed by atoms with Gasteiger partial charge in [0.25, 0.3) is 0 Å². The molecule has 0 unspecified atom stereocenters. The highest BCUT2D eigenvalue weighted by Gasteiger charge is 2.23. The first kappa shape index (κ1) is 14.4. The van der Waals surface area contributed by atoms with E-state index in [1.54, 1.807) is 32.4 Å². The van der Waals surface area contributed by atoms with Crippen molar-refractivity contribution in [3.8, 4) is 17.2 Å². The molecule has 1 rings (SSSR count). The highest BCUT2D eigenvalue weighted by molar-refractivity contribution is 5.85. The molecule has 0 heterocycles. The zero-order valence-electron chi connectivity index (χ0n) is 11.6. The number of methoxy groups -OCH3 is 2. The molecule has 4 heteroatoms. The topological polar surface area (TPSA) is 44.8 Å². The predicted molar refractivity (Wildman–Crippen MR) is 69.5 cm³/mol. The van der Waals surface area contributed by atoms with E-state index in [4.69, 9.17) is 14.2 Å². The van der Waals surface area contributed by atoms with Crippen LogP contribution >= 0.6 is 0 Å². The van der Waals surface area contributed by atoms with Crippen LogP contribution in [0, 0.1) is 5.41 Å². The summed E-state index contributed by atoms with van der Waals surface area (Å²) >= 11 is 0. The smallest absolute Gasteiger partial charge is 0.203 e. The molecule has 0 aliphatic rings. The number of Topliss-reactive ketones (excluding diaryl/α,β-unsaturated/α-hetero) is 1. The van der Waals surface area contributed by atoms with E-state index in [1.165, 1.54) is 0 Å². The molecule has 0 atom stereocenters. The van der Waals surface area contributed by atoms with Crippen LogP contribution in [0.25, 0.3) is 0 Å². The number of hydrogen-bond donors (Lipinski definition) is 0. The molecule has 1 aromatic carbocycles. The third kappa shape index (κ3) is 3.39. The van der Waals surface area contributed by atoms with E-state index < -0.39 is 5.41 Å². The monoisotopic (exact) mass is 252 g/mol. The van der Waals surface area contributed by atoms with E-state index in [0.29, 0.717) is 17.2 Å². The summed E-state index contributed by atoms with van der Waals surface area (Å²) in [5, 5.41) is 0. The van der Waals surface area contributed by atoms with Gasteiger partial charge in [-0.2, -0.15) is 0 Å². The second kappa shape index (κ2) is 5.76. The summed E-state index contributed by atoms with van der Waals surface area (Å²) in [6.45, 7) is 5.58. The van der Waals surface area contributed by atoms with Gasteiger partial charge in [0.15, 0.2) is 17.3 Å². The van der Waals surface area contributed by atoms with Gasteiger partial charge in [0.2, 0.25) is 5.75 Å². The lowest BCUT2D eigenvalue weighted by atomic mass is 9.91. The van der Waals surface area contributed by atoms with Crippen LogP contribution in [0.4, 0.5) is 0 Å². The molecule has 18 heavy (non-hydrogen) atoms. The molecule has 0 aromatic heterocycles. The van der Waals surface area contributed by atoms with Crippen LogP contribution in [0.2, 0.25) is 0 Å². The second-order valence-corrected chi connectivity index (χ2v) is 4.95. The Morgan fingerprint density at radius 1 is 1.11 bits per heavy atom. The van der Waals surface area contributed by atoms with Gasteiger partial charge in [-0.15, -0.1) is 0 Å². The van der Waals surface area contributed by atoms with Crippen LogP contribution in [0.15, 0.2) is 18.2 Å². The average Bonchev–Trinajstić information content (AvgIpc) is 2.34. The number of carbonyl (C=O) groups is 1. The maximum Gasteiger partial charge on any atom is 0.203 e. The van der Waals surface area contributed by atoms with Gasteiger partial charge >= 0.3 is 0 Å². The number of para-hydroxylation sites is 1. The lowest BCUT2D eigenvalue weighted by Gasteiger charge is -2.18. The Labute approximate surface area is 108 Å². The van der Waals surface area contributed by atoms with Crippen molar-refractivity contribution in [3.05, 3.63) is 18.2 Å². The minimum absolute atomic E-state index is 0.000231. The van der Waals surface area contributed by atoms with Crippen molar-refractivity contribution < 1.29 is 19.0 Å². The molecule has 0 saturated carbocycles. The molecular weight excluding hydrogens is 232 g/mol. The van der Waals surface area contributed by atoms with Crippen LogP contribution in [-0.4, -0.2) is 26.6 Å². The van der Waals surface area contributed by atoms with Gasteiger partial charge in [0.1, 0.15) is 6.61 Å². The third-order valence-electron chi connectivity index (χ3n) is 2.57. The van der Waals surface area contributed by atoms with Gasteiger partial charge in [-0.3, -0.25) is 4.79 Å². The molecule has 0 aliphatic heterocycles. The van der Waals surface area contributed by atoms with Crippen LogP contribution in [0.5, 0.6) is 17.2 Å². The SMILES string of the molecule is COc1cccc(OC)c1OCC(=O)C(C)(C)C. The summed E-state index contributed by atoms with van der Waals surface area (Å²) in [6.07, 6.45) is 0. The van der Waals surface area contributed by atoms with E-state index in [9.17, 15) is 4.79 Å². The van der Waals surface area contributed by atoms with Gasteiger partial charge in [-0.25, -0.2) is 0 Å². The van der Waals surface area contributed by atoms with E-state index in [0.717, 1.165) is 0 Å². The zero-order valence-corrected chi connectivity index (χ0v) is 11.6. The number of carbonyl (C=O) groups excluding carboxylic acids is 1. The van der Waals surface area contributed by atoms with Gasteiger partial charge in [-0.05, 0) is 12.1 Å². The molecule has 0 radical (unpaired) electrons. The predicted octanol–water partition coefficient (Wildman–Crippen LogP) is 2.70. The fraction of sp³-hybridized carbons (Fsp3) is 0.500. The number of rotatable bonds is 5. The maximum atomic E-state index is 11.8. The van der Waals surface area contributed by atoms with Crippen molar-refractivity contribution in [2.75, 3.05) is 20.8 Å². The molecule has 0 fully saturated rings. The Kier molecular flexibility index (Phi) is 4.59. The molecule has 0 saturated heterocycles. The summed E-state index contributed by atoms with van der Waals surface area (Å²) in [5.41, 5.74) is -0.421. The van der Waals surface area contributed by atoms with Gasteiger partial charge in [0.05, 0.1) is 14.2 Å². The summed E-state index contributed by atoms with van der Waals surface area (Å²) in [7, 11) is 3.10. The second-order valence-electron chi connectivity index (χ2n) is 4.95. The van der Waals surface area contributed by atoms with Crippen LogP contribution < -0.4 is 14.2 Å². The molecule has 4 nitrogen and oxygen atoms in total. The quantitative estimate of drug-likeness (QED) is 0.808. The summed E-state index contributed by atoms with van der Waals surface area (Å²) in [4.78, 5) is 11.8. The van der Waals surface area contributed by atoms with Crippen molar-refractivity contribution >= 4 is 5.78 Å². The highest BCUT2D eigenvalue weighted by atomic mass is 16.5. The zero-order chi connectivity index (χ0) is 13.8. The molecule has 1 aromatic rings. The molecule has 0 amide bonds. The fourth-order valence-electron chi connectivity index (χ4n) is 1.31. The highest BCUT2D eigenvalue weighted by Crippen LogP contribution is 2.36. The van der Waals surface area contributed by atoms with Crippen molar-refractivity contribution in [2.45, 2.75) is 20.8 Å². The van der Waals surface area contributed by atoms with Gasteiger partial charge in [0, 0.05) is 5.41 Å². The number of ether oxygens (including phenoxy) is 3. The number of benzene rings is 1. The van der Waals surface area contributed by atoms with Crippen molar-refractivity contribution in [1.82, 2.24) is 0 Å². The van der Waals surface area contributed by atoms with Crippen molar-refractivity contribution in [1.29, 1.82) is 0 Å². The van der Waals surface area contributed by atoms with E-state index >= 15 is 0 Å². The third-order valence-corrected chi connectivity index (χ3v) is 2.57. The van der Waals surface area contributed by atoms with Crippen molar-refractivity contribution in [3.63, 3.8) is 0 Å². The summed E-state index contributed by atoms with van der Waals surface area (Å²) in [6, 6.07) is 5.33. The Morgan fingerprint density at radius 3 is 2.00 bits per heavy atom. The molecule has 100 valence electrons. The largest absolute Gasteiger partial charge is 0.493 e. The van der Waals surface area contributed by atoms with Gasteiger partial charge < -0.3 is 14.2 Å². The van der Waals surface area contributed by atoms with Gasteiger partial charge in [-0.1, -0.05) is 26.8 Å². The Bertz CT molecular complexity index is 396. The minimum Gasteiger partial charge on any atom is -0.493 e. The normalized spacial score (nSPS) is 10.9. The lowest BCUT2D eigenvalue weighted by Crippen LogP contribution is -2.26. The first-order valence-corrected chi connectivity index (χ1v) is 5.77. The maximum absolute atomic E-state index is 11.8. The Balaban J connectivity index is 2.87. The minimum atomic E-state index is -0.421. The summed E-state index contributed by atoms with van der Waals surface area (Å²) in [5.74, 6) is 1.59. The van der Waals surface area contributed by atoms with Crippen molar-refractivity contribution in [2.24, 2.45) is 5.41 Å². The molecule has 0 bridgehead atoms. The van der Waals surface area contributed by atoms with Crippen LogP contribution in [-0.2, 0) is 4.79 Å². The first-order valence-electron chi connectivity index (χ1n) is 5.77. The molecule has 0 spiro atoms. The fourth-order valence-corrected chi connectivity index (χ4v) is 1.31. The standard InChI is InChI=1S/C14H20O4/c1-14(2,3)12(15)9-18-13-10(16-4)7-6-8-11(13)17-5/h6-8H,9H2,1-5H3. The number of ketones is 1. The molecular formula is C14H20O4. The van der Waals surface area contributed by atoms with Crippen LogP contribution in [0.3, 0.4) is 0 Å². The first-order chi connectivity index (χ1) is 8.40. The lowest BCUT2D eigenvalue weighted by molar-refractivity contribution is -0.128. The van der Waals surface area contributed by atoms with Crippen LogP contribution in [0.1, 0.15) is 20.8 Å². The average molecular weight is 252 g/mol. The van der Waals surface area contributed by atoms with E-state index in [-0.39, 0.29) is 12.4 Å². The number of hydrogen-bond acceptors (Lipinski definition) is 4. The Morgan fingerprint density at radius 2 is 1.61 bits per heavy atom. The van der Waals surface area contributed by atoms with E-state index in [1.807, 2.05) is 20.8 Å². The molecule has 0 N–H and O–H groups in total. The molecule has 0 aliphatic carbocycles. The van der Waals surface area contributed by atoms with E-state index in [2.05, 4.69) is 0 Å². The Hall–Kier alpha value is -1.71. The summed E-state index contributed by atoms with van der Waals surface area (Å²) < 4.78 is 15.9.